The number of nitrogens with one attached hydrogen (secondary N) is 1. The van der Waals surface area contributed by atoms with Gasteiger partial charge in [-0.3, -0.25) is 0 Å². The molecule has 0 radical (unpaired) electrons. The van der Waals surface area contributed by atoms with Crippen LogP contribution in [0, 0.1) is 11.8 Å². The number of hydrogen-bond donors (Lipinski definition) is 2. The van der Waals surface area contributed by atoms with Crippen molar-refractivity contribution in [3.05, 3.63) is 0 Å². The summed E-state index contributed by atoms with van der Waals surface area (Å²) in [6.07, 6.45) is 1.24. The second-order valence-corrected chi connectivity index (χ2v) is 3.44. The first-order valence-corrected chi connectivity index (χ1v) is 4.10. The monoisotopic (exact) mass is 143 g/mol. The van der Waals surface area contributed by atoms with Crippen LogP contribution in [0.2, 0.25) is 0 Å². The van der Waals surface area contributed by atoms with Crippen molar-refractivity contribution < 1.29 is 5.11 Å². The number of hydrogen-bond acceptors (Lipinski definition) is 2. The minimum atomic E-state index is 0.329. The fourth-order valence-electron chi connectivity index (χ4n) is 1.48. The largest absolute Gasteiger partial charge is 0.396 e. The number of aliphatic hydroxyl groups is 1. The van der Waals surface area contributed by atoms with Gasteiger partial charge >= 0.3 is 0 Å². The summed E-state index contributed by atoms with van der Waals surface area (Å²) in [5.74, 6) is 1.07. The van der Waals surface area contributed by atoms with Gasteiger partial charge in [0.15, 0.2) is 0 Å². The minimum absolute atomic E-state index is 0.329. The molecule has 1 aliphatic heterocycles. The molecular weight excluding hydrogens is 126 g/mol. The zero-order valence-electron chi connectivity index (χ0n) is 6.80. The van der Waals surface area contributed by atoms with Crippen molar-refractivity contribution in [2.24, 2.45) is 11.8 Å². The molecule has 2 N–H and O–H groups in total. The molecule has 1 aliphatic rings. The Balaban J connectivity index is 2.31. The maximum absolute atomic E-state index is 8.99. The molecule has 1 fully saturated rings. The van der Waals surface area contributed by atoms with Gasteiger partial charge in [-0.2, -0.15) is 0 Å². The molecule has 0 bridgehead atoms. The summed E-state index contributed by atoms with van der Waals surface area (Å²) in [6, 6.07) is 0.588. The van der Waals surface area contributed by atoms with E-state index >= 15 is 0 Å². The molecule has 1 rings (SSSR count). The molecular formula is C8H17NO. The van der Waals surface area contributed by atoms with E-state index in [9.17, 15) is 0 Å². The smallest absolute Gasteiger partial charge is 0.0476 e. The lowest BCUT2D eigenvalue weighted by Crippen LogP contribution is -2.50. The molecule has 0 aromatic heterocycles. The molecule has 2 unspecified atom stereocenters. The third-order valence-electron chi connectivity index (χ3n) is 2.45. The van der Waals surface area contributed by atoms with Crippen LogP contribution in [0.1, 0.15) is 20.3 Å². The molecule has 0 amide bonds. The number of aliphatic hydroxyl groups excluding tert-OH is 1. The Bertz CT molecular complexity index is 99.4. The van der Waals surface area contributed by atoms with Gasteiger partial charge in [0.05, 0.1) is 0 Å². The molecule has 2 heteroatoms. The van der Waals surface area contributed by atoms with E-state index in [4.69, 9.17) is 5.11 Å². The minimum Gasteiger partial charge on any atom is -0.396 e. The second-order valence-electron chi connectivity index (χ2n) is 3.44. The first kappa shape index (κ1) is 8.02. The summed E-state index contributed by atoms with van der Waals surface area (Å²) in [5.41, 5.74) is 0. The topological polar surface area (TPSA) is 32.3 Å². The highest BCUT2D eigenvalue weighted by Crippen LogP contribution is 2.20. The summed E-state index contributed by atoms with van der Waals surface area (Å²) < 4.78 is 0. The lowest BCUT2D eigenvalue weighted by Gasteiger charge is -2.36. The van der Waals surface area contributed by atoms with Crippen molar-refractivity contribution in [2.45, 2.75) is 26.3 Å². The Hall–Kier alpha value is -0.0800. The summed E-state index contributed by atoms with van der Waals surface area (Å²) in [4.78, 5) is 0. The summed E-state index contributed by atoms with van der Waals surface area (Å²) in [6.45, 7) is 5.80. The van der Waals surface area contributed by atoms with E-state index < -0.39 is 0 Å². The molecule has 1 saturated heterocycles. The van der Waals surface area contributed by atoms with Crippen LogP contribution in [0.5, 0.6) is 0 Å². The Kier molecular flexibility index (Phi) is 2.69. The molecule has 0 aliphatic carbocycles. The Labute approximate surface area is 62.6 Å². The van der Waals surface area contributed by atoms with Crippen LogP contribution in [0.25, 0.3) is 0 Å². The summed E-state index contributed by atoms with van der Waals surface area (Å²) >= 11 is 0. The molecule has 60 valence electrons. The van der Waals surface area contributed by atoms with Gasteiger partial charge in [-0.15, -0.1) is 0 Å². The van der Waals surface area contributed by atoms with Crippen molar-refractivity contribution in [1.29, 1.82) is 0 Å². The molecule has 0 aromatic carbocycles. The molecule has 10 heavy (non-hydrogen) atoms. The normalized spacial score (nSPS) is 28.2. The maximum Gasteiger partial charge on any atom is 0.0476 e. The Morgan fingerprint density at radius 2 is 2.20 bits per heavy atom. The lowest BCUT2D eigenvalue weighted by atomic mass is 9.84. The predicted octanol–water partition coefficient (Wildman–Crippen LogP) is 0.613. The van der Waals surface area contributed by atoms with Crippen molar-refractivity contribution in [3.63, 3.8) is 0 Å². The average molecular weight is 143 g/mol. The quantitative estimate of drug-likeness (QED) is 0.607. The van der Waals surface area contributed by atoms with Gasteiger partial charge in [0.25, 0.3) is 0 Å². The van der Waals surface area contributed by atoms with Crippen molar-refractivity contribution in [2.75, 3.05) is 13.2 Å². The van der Waals surface area contributed by atoms with E-state index in [1.165, 1.54) is 6.42 Å². The van der Waals surface area contributed by atoms with E-state index in [0.29, 0.717) is 24.5 Å². The summed E-state index contributed by atoms with van der Waals surface area (Å²) in [5, 5.41) is 12.3. The third kappa shape index (κ3) is 1.50. The maximum atomic E-state index is 8.99. The van der Waals surface area contributed by atoms with Gasteiger partial charge in [-0.1, -0.05) is 13.8 Å². The van der Waals surface area contributed by atoms with E-state index in [2.05, 4.69) is 19.2 Å². The molecule has 0 spiro atoms. The van der Waals surface area contributed by atoms with Crippen molar-refractivity contribution >= 4 is 0 Å². The lowest BCUT2D eigenvalue weighted by molar-refractivity contribution is 0.120. The molecule has 1 heterocycles. The fourth-order valence-corrected chi connectivity index (χ4v) is 1.48. The Morgan fingerprint density at radius 1 is 1.60 bits per heavy atom. The van der Waals surface area contributed by atoms with Crippen LogP contribution in [0.3, 0.4) is 0 Å². The van der Waals surface area contributed by atoms with E-state index in [1.807, 2.05) is 0 Å². The number of rotatable bonds is 3. The van der Waals surface area contributed by atoms with Crippen LogP contribution in [0.15, 0.2) is 0 Å². The molecule has 2 atom stereocenters. The molecule has 0 aromatic rings. The van der Waals surface area contributed by atoms with Crippen molar-refractivity contribution in [1.82, 2.24) is 5.32 Å². The highest BCUT2D eigenvalue weighted by Gasteiger charge is 2.27. The van der Waals surface area contributed by atoms with Gasteiger partial charge in [-0.05, 0) is 24.8 Å². The van der Waals surface area contributed by atoms with E-state index in [0.717, 1.165) is 6.54 Å². The average Bonchev–Trinajstić information content (AvgIpc) is 1.76. The summed E-state index contributed by atoms with van der Waals surface area (Å²) in [7, 11) is 0. The van der Waals surface area contributed by atoms with Crippen LogP contribution >= 0.6 is 0 Å². The van der Waals surface area contributed by atoms with Gasteiger partial charge in [0.2, 0.25) is 0 Å². The van der Waals surface area contributed by atoms with Gasteiger partial charge in [-0.25, -0.2) is 0 Å². The fraction of sp³-hybridized carbons (Fsp3) is 1.00. The van der Waals surface area contributed by atoms with Gasteiger partial charge in [0.1, 0.15) is 0 Å². The van der Waals surface area contributed by atoms with E-state index in [1.54, 1.807) is 0 Å². The standard InChI is InChI=1S/C8H17NO/c1-6(2)7(5-10)8-3-4-9-8/h6-10H,3-5H2,1-2H3. The highest BCUT2D eigenvalue weighted by atomic mass is 16.3. The van der Waals surface area contributed by atoms with Crippen LogP contribution in [-0.2, 0) is 0 Å². The van der Waals surface area contributed by atoms with Crippen LogP contribution in [0.4, 0.5) is 0 Å². The van der Waals surface area contributed by atoms with Gasteiger partial charge < -0.3 is 10.4 Å². The Morgan fingerprint density at radius 3 is 2.30 bits per heavy atom. The SMILES string of the molecule is CC(C)C(CO)C1CCN1. The van der Waals surface area contributed by atoms with Gasteiger partial charge in [0, 0.05) is 12.6 Å². The van der Waals surface area contributed by atoms with Crippen LogP contribution < -0.4 is 5.32 Å². The highest BCUT2D eigenvalue weighted by molar-refractivity contribution is 4.85. The van der Waals surface area contributed by atoms with Crippen LogP contribution in [-0.4, -0.2) is 24.3 Å². The van der Waals surface area contributed by atoms with E-state index in [-0.39, 0.29) is 0 Å². The zero-order chi connectivity index (χ0) is 7.56. The predicted molar refractivity (Wildman–Crippen MR) is 41.8 cm³/mol. The first-order chi connectivity index (χ1) is 4.75. The first-order valence-electron chi connectivity index (χ1n) is 4.10. The second kappa shape index (κ2) is 3.35. The molecule has 2 nitrogen and oxygen atoms in total. The molecule has 0 saturated carbocycles. The third-order valence-corrected chi connectivity index (χ3v) is 2.45. The van der Waals surface area contributed by atoms with Crippen molar-refractivity contribution in [3.8, 4) is 0 Å². The zero-order valence-corrected chi connectivity index (χ0v) is 6.80.